The van der Waals surface area contributed by atoms with Gasteiger partial charge < -0.3 is 20.5 Å². The summed E-state index contributed by atoms with van der Waals surface area (Å²) in [6.45, 7) is 3.71. The molecular formula is C28H28N2O5. The predicted molar refractivity (Wildman–Crippen MR) is 134 cm³/mol. The molecule has 0 aliphatic heterocycles. The van der Waals surface area contributed by atoms with Crippen LogP contribution in [0.5, 0.6) is 0 Å². The van der Waals surface area contributed by atoms with Crippen LogP contribution in [0.1, 0.15) is 54.1 Å². The number of ether oxygens (including phenoxy) is 1. The summed E-state index contributed by atoms with van der Waals surface area (Å²) in [5.74, 6) is -1.74. The summed E-state index contributed by atoms with van der Waals surface area (Å²) in [6.07, 6.45) is -0.0963. The molecule has 1 aliphatic rings. The van der Waals surface area contributed by atoms with Crippen molar-refractivity contribution < 1.29 is 24.2 Å². The third-order valence-electron chi connectivity index (χ3n) is 6.73. The second-order valence-electron chi connectivity index (χ2n) is 8.54. The molecule has 3 N–H and O–H groups in total. The van der Waals surface area contributed by atoms with Crippen molar-refractivity contribution in [2.45, 2.75) is 38.1 Å². The van der Waals surface area contributed by atoms with E-state index in [1.54, 1.807) is 26.0 Å². The second-order valence-corrected chi connectivity index (χ2v) is 8.54. The first-order chi connectivity index (χ1) is 16.9. The topological polar surface area (TPSA) is 105 Å². The van der Waals surface area contributed by atoms with Crippen molar-refractivity contribution in [2.24, 2.45) is 0 Å². The van der Waals surface area contributed by atoms with Crippen molar-refractivity contribution >= 4 is 23.7 Å². The molecule has 0 aromatic heterocycles. The number of alkyl carbamates (subject to hydrolysis) is 1. The maximum absolute atomic E-state index is 13.2. The molecule has 0 spiro atoms. The van der Waals surface area contributed by atoms with Crippen LogP contribution in [0.15, 0.2) is 72.8 Å². The number of nitrogens with one attached hydrogen (secondary N) is 2. The van der Waals surface area contributed by atoms with Crippen molar-refractivity contribution in [3.05, 3.63) is 89.5 Å². The Morgan fingerprint density at radius 1 is 0.857 bits per heavy atom. The molecule has 0 atom stereocenters. The Bertz CT molecular complexity index is 1220. The fourth-order valence-electron chi connectivity index (χ4n) is 4.66. The minimum absolute atomic E-state index is 0.0249. The summed E-state index contributed by atoms with van der Waals surface area (Å²) in [5, 5.41) is 14.8. The predicted octanol–water partition coefficient (Wildman–Crippen LogP) is 5.42. The molecule has 3 aromatic carbocycles. The zero-order chi connectivity index (χ0) is 25.0. The van der Waals surface area contributed by atoms with Gasteiger partial charge in [-0.3, -0.25) is 4.79 Å². The van der Waals surface area contributed by atoms with Gasteiger partial charge in [-0.2, -0.15) is 0 Å². The van der Waals surface area contributed by atoms with Gasteiger partial charge in [-0.05, 0) is 47.2 Å². The van der Waals surface area contributed by atoms with Crippen molar-refractivity contribution in [3.63, 3.8) is 0 Å². The number of carboxylic acid groups (broad SMARTS) is 1. The van der Waals surface area contributed by atoms with E-state index in [4.69, 9.17) is 4.74 Å². The van der Waals surface area contributed by atoms with Gasteiger partial charge in [-0.1, -0.05) is 74.5 Å². The lowest BCUT2D eigenvalue weighted by Crippen LogP contribution is -2.56. The summed E-state index contributed by atoms with van der Waals surface area (Å²) < 4.78 is 5.64. The number of hydrogen-bond acceptors (Lipinski definition) is 4. The van der Waals surface area contributed by atoms with Crippen LogP contribution in [0.3, 0.4) is 0 Å². The summed E-state index contributed by atoms with van der Waals surface area (Å²) in [6, 6.07) is 22.3. The van der Waals surface area contributed by atoms with Crippen LogP contribution in [0.4, 0.5) is 10.5 Å². The quantitative estimate of drug-likeness (QED) is 0.406. The third-order valence-corrected chi connectivity index (χ3v) is 6.73. The number of hydrogen-bond donors (Lipinski definition) is 3. The number of fused-ring (bicyclic) bond motifs is 3. The van der Waals surface area contributed by atoms with E-state index in [1.165, 1.54) is 12.1 Å². The van der Waals surface area contributed by atoms with E-state index in [0.29, 0.717) is 12.8 Å². The van der Waals surface area contributed by atoms with Crippen molar-refractivity contribution in [1.82, 2.24) is 5.32 Å². The van der Waals surface area contributed by atoms with Gasteiger partial charge in [-0.25, -0.2) is 9.59 Å². The summed E-state index contributed by atoms with van der Waals surface area (Å²) in [5.41, 5.74) is 3.35. The number of para-hydroxylation sites is 1. The highest BCUT2D eigenvalue weighted by Gasteiger charge is 2.38. The van der Waals surface area contributed by atoms with Gasteiger partial charge in [0.1, 0.15) is 12.1 Å². The summed E-state index contributed by atoms with van der Waals surface area (Å²) >= 11 is 0. The summed E-state index contributed by atoms with van der Waals surface area (Å²) in [4.78, 5) is 37.6. The van der Waals surface area contributed by atoms with Crippen LogP contribution in [0.2, 0.25) is 0 Å². The lowest BCUT2D eigenvalue weighted by atomic mass is 9.91. The number of carboxylic acids is 1. The highest BCUT2D eigenvalue weighted by Crippen LogP contribution is 2.44. The van der Waals surface area contributed by atoms with Crippen LogP contribution < -0.4 is 10.6 Å². The molecule has 0 saturated heterocycles. The summed E-state index contributed by atoms with van der Waals surface area (Å²) in [7, 11) is 0. The van der Waals surface area contributed by atoms with Crippen molar-refractivity contribution in [2.75, 3.05) is 11.9 Å². The van der Waals surface area contributed by atoms with Crippen LogP contribution in [0.25, 0.3) is 11.1 Å². The molecule has 0 unspecified atom stereocenters. The molecule has 0 heterocycles. The highest BCUT2D eigenvalue weighted by molar-refractivity contribution is 6.04. The molecule has 4 rings (SSSR count). The van der Waals surface area contributed by atoms with Gasteiger partial charge in [-0.15, -0.1) is 0 Å². The van der Waals surface area contributed by atoms with E-state index < -0.39 is 23.5 Å². The number of aromatic carboxylic acids is 1. The molecule has 35 heavy (non-hydrogen) atoms. The maximum Gasteiger partial charge on any atom is 0.408 e. The average molecular weight is 473 g/mol. The maximum atomic E-state index is 13.2. The van der Waals surface area contributed by atoms with Crippen LogP contribution in [0, 0.1) is 0 Å². The highest BCUT2D eigenvalue weighted by atomic mass is 16.5. The minimum Gasteiger partial charge on any atom is -0.478 e. The van der Waals surface area contributed by atoms with Gasteiger partial charge in [0.05, 0.1) is 11.3 Å². The molecular weight excluding hydrogens is 444 g/mol. The van der Waals surface area contributed by atoms with Gasteiger partial charge in [0.2, 0.25) is 5.91 Å². The zero-order valence-electron chi connectivity index (χ0n) is 19.7. The van der Waals surface area contributed by atoms with Gasteiger partial charge in [0.15, 0.2) is 0 Å². The molecule has 0 saturated carbocycles. The lowest BCUT2D eigenvalue weighted by Gasteiger charge is -2.31. The number of carbonyl (C=O) groups is 3. The van der Waals surface area contributed by atoms with Crippen LogP contribution in [-0.2, 0) is 9.53 Å². The van der Waals surface area contributed by atoms with E-state index in [0.717, 1.165) is 22.3 Å². The van der Waals surface area contributed by atoms with Gasteiger partial charge in [0.25, 0.3) is 0 Å². The fraction of sp³-hybridized carbons (Fsp3) is 0.250. The van der Waals surface area contributed by atoms with E-state index in [2.05, 4.69) is 22.8 Å². The number of anilines is 1. The van der Waals surface area contributed by atoms with Crippen molar-refractivity contribution in [3.8, 4) is 11.1 Å². The minimum atomic E-state index is -1.26. The standard InChI is InChI=1S/C28H28N2O5/c1-3-28(4-2,26(33)29-24-16-10-9-15-22(24)25(31)32)30-27(34)35-17-23-20-13-7-5-11-18(20)19-12-6-8-14-21(19)23/h5-16,23H,3-4,17H2,1-2H3,(H,29,33)(H,30,34)(H,31,32). The zero-order valence-corrected chi connectivity index (χ0v) is 19.7. The molecule has 7 nitrogen and oxygen atoms in total. The first-order valence-corrected chi connectivity index (χ1v) is 11.7. The SMILES string of the molecule is CCC(CC)(NC(=O)OCC1c2ccccc2-c2ccccc21)C(=O)Nc1ccccc1C(=O)O. The second kappa shape index (κ2) is 10.0. The molecule has 3 aromatic rings. The Labute approximate surface area is 204 Å². The first-order valence-electron chi connectivity index (χ1n) is 11.7. The number of rotatable bonds is 8. The molecule has 180 valence electrons. The fourth-order valence-corrected chi connectivity index (χ4v) is 4.66. The molecule has 7 heteroatoms. The number of carbonyl (C=O) groups excluding carboxylic acids is 2. The monoisotopic (exact) mass is 472 g/mol. The van der Waals surface area contributed by atoms with Crippen LogP contribution in [-0.4, -0.2) is 35.2 Å². The molecule has 0 fully saturated rings. The largest absolute Gasteiger partial charge is 0.478 e. The normalized spacial score (nSPS) is 12.4. The molecule has 0 bridgehead atoms. The number of amides is 2. The van der Waals surface area contributed by atoms with Gasteiger partial charge >= 0.3 is 12.1 Å². The lowest BCUT2D eigenvalue weighted by molar-refractivity contribution is -0.122. The van der Waals surface area contributed by atoms with E-state index >= 15 is 0 Å². The van der Waals surface area contributed by atoms with E-state index in [-0.39, 0.29) is 23.8 Å². The van der Waals surface area contributed by atoms with E-state index in [1.807, 2.05) is 36.4 Å². The molecule has 1 aliphatic carbocycles. The van der Waals surface area contributed by atoms with Gasteiger partial charge in [0, 0.05) is 5.92 Å². The Morgan fingerprint density at radius 2 is 1.40 bits per heavy atom. The van der Waals surface area contributed by atoms with Crippen molar-refractivity contribution in [1.29, 1.82) is 0 Å². The number of benzene rings is 3. The molecule has 0 radical (unpaired) electrons. The first kappa shape index (κ1) is 24.0. The molecule has 2 amide bonds. The van der Waals surface area contributed by atoms with Crippen LogP contribution >= 0.6 is 0 Å². The average Bonchev–Trinajstić information content (AvgIpc) is 3.20. The third kappa shape index (κ3) is 4.62. The Kier molecular flexibility index (Phi) is 6.87. The Hall–Kier alpha value is -4.13. The van der Waals surface area contributed by atoms with E-state index in [9.17, 15) is 19.5 Å². The Morgan fingerprint density at radius 3 is 1.97 bits per heavy atom. The Balaban J connectivity index is 1.48. The smallest absolute Gasteiger partial charge is 0.408 e.